The van der Waals surface area contributed by atoms with Crippen LogP contribution in [0.25, 0.3) is 0 Å². The van der Waals surface area contributed by atoms with Crippen molar-refractivity contribution < 1.29 is 23.8 Å². The van der Waals surface area contributed by atoms with E-state index in [4.69, 9.17) is 25.8 Å². The zero-order chi connectivity index (χ0) is 19.3. The van der Waals surface area contributed by atoms with E-state index in [0.717, 1.165) is 0 Å². The molecule has 134 valence electrons. The van der Waals surface area contributed by atoms with Gasteiger partial charge in [-0.15, -0.1) is 0 Å². The van der Waals surface area contributed by atoms with E-state index in [1.54, 1.807) is 12.2 Å². The number of allylic oxidation sites excluding steroid dienone is 2. The Bertz CT molecular complexity index is 880. The molecule has 1 aliphatic heterocycles. The number of nitriles is 1. The van der Waals surface area contributed by atoms with Gasteiger partial charge in [-0.3, -0.25) is 0 Å². The summed E-state index contributed by atoms with van der Waals surface area (Å²) in [4.78, 5) is 25.9. The monoisotopic (exact) mass is 374 g/mol. The number of anilines is 1. The van der Waals surface area contributed by atoms with E-state index in [-0.39, 0.29) is 27.5 Å². The topological polar surface area (TPSA) is 88.9 Å². The van der Waals surface area contributed by atoms with Gasteiger partial charge in [0.1, 0.15) is 22.5 Å². The quantitative estimate of drug-likeness (QED) is 0.748. The van der Waals surface area contributed by atoms with Crippen molar-refractivity contribution in [1.29, 1.82) is 5.26 Å². The number of carbonyl (C=O) groups excluding carboxylic acids is 2. The number of esters is 2. The summed E-state index contributed by atoms with van der Waals surface area (Å²) in [5, 5.41) is 9.57. The van der Waals surface area contributed by atoms with Crippen LogP contribution in [0.15, 0.2) is 47.8 Å². The average Bonchev–Trinajstić information content (AvgIpc) is 2.89. The van der Waals surface area contributed by atoms with Gasteiger partial charge in [0.15, 0.2) is 0 Å². The van der Waals surface area contributed by atoms with Crippen LogP contribution in [0, 0.1) is 11.3 Å². The molecular weight excluding hydrogens is 360 g/mol. The number of methoxy groups -OCH3 is 3. The van der Waals surface area contributed by atoms with Crippen LogP contribution in [0.4, 0.5) is 5.69 Å². The first kappa shape index (κ1) is 19.1. The Morgan fingerprint density at radius 2 is 1.81 bits per heavy atom. The predicted molar refractivity (Wildman–Crippen MR) is 94.5 cm³/mol. The summed E-state index contributed by atoms with van der Waals surface area (Å²) in [6.45, 7) is 0. The first-order chi connectivity index (χ1) is 12.5. The van der Waals surface area contributed by atoms with Gasteiger partial charge in [0.05, 0.1) is 38.2 Å². The molecule has 0 bridgehead atoms. The zero-order valence-electron chi connectivity index (χ0n) is 14.3. The van der Waals surface area contributed by atoms with Crippen molar-refractivity contribution >= 4 is 29.2 Å². The van der Waals surface area contributed by atoms with Gasteiger partial charge in [0.25, 0.3) is 0 Å². The van der Waals surface area contributed by atoms with Crippen LogP contribution in [0.1, 0.15) is 5.56 Å². The molecule has 0 unspecified atom stereocenters. The molecular formula is C18H15ClN2O5. The van der Waals surface area contributed by atoms with Gasteiger partial charge in [0.2, 0.25) is 0 Å². The molecule has 0 spiro atoms. The van der Waals surface area contributed by atoms with Gasteiger partial charge in [-0.05, 0) is 24.3 Å². The molecule has 0 amide bonds. The summed E-state index contributed by atoms with van der Waals surface area (Å²) >= 11 is 6.39. The van der Waals surface area contributed by atoms with Crippen LogP contribution < -0.4 is 9.64 Å². The number of nitrogens with zero attached hydrogens (tertiary/aromatic N) is 2. The number of halogens is 1. The molecule has 1 aromatic rings. The summed E-state index contributed by atoms with van der Waals surface area (Å²) in [6.07, 6.45) is 6.03. The van der Waals surface area contributed by atoms with Gasteiger partial charge < -0.3 is 19.1 Å². The Morgan fingerprint density at radius 1 is 1.12 bits per heavy atom. The van der Waals surface area contributed by atoms with Crippen LogP contribution in [0.3, 0.4) is 0 Å². The van der Waals surface area contributed by atoms with Gasteiger partial charge in [-0.1, -0.05) is 17.7 Å². The Morgan fingerprint density at radius 3 is 2.38 bits per heavy atom. The van der Waals surface area contributed by atoms with Crippen LogP contribution >= 0.6 is 11.6 Å². The highest BCUT2D eigenvalue weighted by Crippen LogP contribution is 2.40. The Labute approximate surface area is 155 Å². The first-order valence-electron chi connectivity index (χ1n) is 7.31. The molecule has 0 aliphatic carbocycles. The number of rotatable bonds is 4. The molecule has 8 heteroatoms. The van der Waals surface area contributed by atoms with Crippen molar-refractivity contribution in [1.82, 2.24) is 0 Å². The molecule has 1 heterocycles. The summed E-state index contributed by atoms with van der Waals surface area (Å²) in [7, 11) is 3.80. The molecule has 0 saturated heterocycles. The predicted octanol–water partition coefficient (Wildman–Crippen LogP) is 2.71. The summed E-state index contributed by atoms with van der Waals surface area (Å²) in [6, 6.07) is 5.05. The lowest BCUT2D eigenvalue weighted by Gasteiger charge is -2.25. The number of benzene rings is 1. The number of ether oxygens (including phenoxy) is 3. The molecule has 0 atom stereocenters. The largest absolute Gasteiger partial charge is 0.495 e. The minimum absolute atomic E-state index is 0.0490. The van der Waals surface area contributed by atoms with Crippen molar-refractivity contribution in [3.63, 3.8) is 0 Å². The highest BCUT2D eigenvalue weighted by atomic mass is 35.5. The van der Waals surface area contributed by atoms with Crippen LogP contribution in [0.5, 0.6) is 5.75 Å². The normalized spacial score (nSPS) is 13.1. The van der Waals surface area contributed by atoms with Crippen molar-refractivity contribution in [2.45, 2.75) is 0 Å². The zero-order valence-corrected chi connectivity index (χ0v) is 15.0. The average molecular weight is 375 g/mol. The van der Waals surface area contributed by atoms with Gasteiger partial charge in [0, 0.05) is 6.20 Å². The molecule has 26 heavy (non-hydrogen) atoms. The number of hydrogen-bond acceptors (Lipinski definition) is 7. The molecule has 0 radical (unpaired) electrons. The minimum Gasteiger partial charge on any atom is -0.495 e. The lowest BCUT2D eigenvalue weighted by Crippen LogP contribution is -2.27. The molecule has 7 nitrogen and oxygen atoms in total. The van der Waals surface area contributed by atoms with Crippen molar-refractivity contribution in [2.75, 3.05) is 26.2 Å². The summed E-state index contributed by atoms with van der Waals surface area (Å²) in [5.74, 6) is -1.24. The highest BCUT2D eigenvalue weighted by Gasteiger charge is 2.30. The lowest BCUT2D eigenvalue weighted by molar-refractivity contribution is -0.139. The second-order valence-electron chi connectivity index (χ2n) is 4.91. The Balaban J connectivity index is 2.84. The maximum absolute atomic E-state index is 12.4. The SMILES string of the molecule is COC(=O)C1=C(C(=O)OC)N(c2c(C#N)ccc(OC)c2Cl)C=CC=C1. The third kappa shape index (κ3) is 3.41. The third-order valence-electron chi connectivity index (χ3n) is 3.55. The fourth-order valence-electron chi connectivity index (χ4n) is 2.37. The van der Waals surface area contributed by atoms with Crippen molar-refractivity contribution in [2.24, 2.45) is 0 Å². The van der Waals surface area contributed by atoms with Crippen LogP contribution in [-0.4, -0.2) is 33.3 Å². The van der Waals surface area contributed by atoms with Gasteiger partial charge in [-0.25, -0.2) is 9.59 Å². The maximum Gasteiger partial charge on any atom is 0.355 e. The highest BCUT2D eigenvalue weighted by molar-refractivity contribution is 6.35. The van der Waals surface area contributed by atoms with Crippen molar-refractivity contribution in [3.8, 4) is 11.8 Å². The van der Waals surface area contributed by atoms with E-state index < -0.39 is 11.9 Å². The number of carbonyl (C=O) groups is 2. The first-order valence-corrected chi connectivity index (χ1v) is 7.69. The second kappa shape index (κ2) is 8.23. The van der Waals surface area contributed by atoms with E-state index in [1.165, 1.54) is 50.6 Å². The molecule has 0 fully saturated rings. The molecule has 2 rings (SSSR count). The maximum atomic E-state index is 12.4. The van der Waals surface area contributed by atoms with E-state index in [0.29, 0.717) is 5.75 Å². The van der Waals surface area contributed by atoms with E-state index >= 15 is 0 Å². The van der Waals surface area contributed by atoms with Crippen molar-refractivity contribution in [3.05, 3.63) is 58.4 Å². The summed E-state index contributed by atoms with van der Waals surface area (Å²) in [5.41, 5.74) is 0.159. The molecule has 0 aromatic heterocycles. The molecule has 1 aromatic carbocycles. The standard InChI is InChI=1S/C18H15ClN2O5/c1-24-13-8-7-11(10-20)15(14(13)19)21-9-5-4-6-12(17(22)25-2)16(21)18(23)26-3/h4-9H,1-3H3. The fourth-order valence-corrected chi connectivity index (χ4v) is 2.70. The second-order valence-corrected chi connectivity index (χ2v) is 5.28. The van der Waals surface area contributed by atoms with Gasteiger partial charge in [-0.2, -0.15) is 5.26 Å². The molecule has 0 N–H and O–H groups in total. The summed E-state index contributed by atoms with van der Waals surface area (Å²) < 4.78 is 14.8. The smallest absolute Gasteiger partial charge is 0.355 e. The van der Waals surface area contributed by atoms with E-state index in [9.17, 15) is 14.9 Å². The molecule has 0 saturated carbocycles. The lowest BCUT2D eigenvalue weighted by atomic mass is 10.1. The van der Waals surface area contributed by atoms with Gasteiger partial charge >= 0.3 is 11.9 Å². The van der Waals surface area contributed by atoms with Crippen LogP contribution in [-0.2, 0) is 19.1 Å². The van der Waals surface area contributed by atoms with E-state index in [2.05, 4.69) is 0 Å². The Kier molecular flexibility index (Phi) is 6.04. The fraction of sp³-hybridized carbons (Fsp3) is 0.167. The number of hydrogen-bond donors (Lipinski definition) is 0. The molecule has 1 aliphatic rings. The third-order valence-corrected chi connectivity index (χ3v) is 3.92. The van der Waals surface area contributed by atoms with Crippen LogP contribution in [0.2, 0.25) is 5.02 Å². The van der Waals surface area contributed by atoms with E-state index in [1.807, 2.05) is 6.07 Å². The minimum atomic E-state index is -0.802. The Hall–Kier alpha value is -3.24.